The summed E-state index contributed by atoms with van der Waals surface area (Å²) in [5.41, 5.74) is 2.00. The lowest BCUT2D eigenvalue weighted by molar-refractivity contribution is 0.102. The molecule has 4 aromatic rings. The summed E-state index contributed by atoms with van der Waals surface area (Å²) in [5.74, 6) is -0.774. The van der Waals surface area contributed by atoms with Crippen LogP contribution in [0.1, 0.15) is 10.5 Å². The van der Waals surface area contributed by atoms with Crippen LogP contribution in [0.3, 0.4) is 0 Å². The van der Waals surface area contributed by atoms with Crippen LogP contribution in [-0.4, -0.2) is 20.9 Å². The van der Waals surface area contributed by atoms with Gasteiger partial charge in [0, 0.05) is 23.5 Å². The zero-order chi connectivity index (χ0) is 19.5. The van der Waals surface area contributed by atoms with Crippen molar-refractivity contribution in [3.63, 3.8) is 0 Å². The van der Waals surface area contributed by atoms with E-state index in [1.165, 1.54) is 30.5 Å². The molecule has 0 spiro atoms. The number of benzene rings is 2. The molecule has 0 radical (unpaired) electrons. The Morgan fingerprint density at radius 2 is 1.86 bits per heavy atom. The van der Waals surface area contributed by atoms with Gasteiger partial charge < -0.3 is 10.6 Å². The molecule has 0 fully saturated rings. The molecule has 138 valence electrons. The fraction of sp³-hybridized carbons (Fsp3) is 0. The zero-order valence-electron chi connectivity index (χ0n) is 14.4. The highest BCUT2D eigenvalue weighted by atomic mass is 35.5. The van der Waals surface area contributed by atoms with Crippen LogP contribution in [0.4, 0.5) is 21.7 Å². The van der Waals surface area contributed by atoms with Gasteiger partial charge in [-0.2, -0.15) is 0 Å². The van der Waals surface area contributed by atoms with E-state index in [1.807, 2.05) is 30.3 Å². The van der Waals surface area contributed by atoms with Crippen LogP contribution in [0.5, 0.6) is 0 Å². The molecular weight excluding hydrogens is 381 g/mol. The SMILES string of the molecule is O=C(Nc1ccc(F)c(Cl)c1)c1ccnc(Nc2cccc3cccnc23)n1. The van der Waals surface area contributed by atoms with Gasteiger partial charge in [-0.25, -0.2) is 14.4 Å². The average molecular weight is 394 g/mol. The first-order chi connectivity index (χ1) is 13.6. The molecular formula is C20H13ClFN5O. The maximum absolute atomic E-state index is 13.3. The Kier molecular flexibility index (Phi) is 4.82. The molecule has 0 aliphatic rings. The summed E-state index contributed by atoms with van der Waals surface area (Å²) in [6.45, 7) is 0. The van der Waals surface area contributed by atoms with E-state index in [-0.39, 0.29) is 16.7 Å². The van der Waals surface area contributed by atoms with Gasteiger partial charge in [-0.3, -0.25) is 9.78 Å². The van der Waals surface area contributed by atoms with Gasteiger partial charge in [0.2, 0.25) is 5.95 Å². The predicted molar refractivity (Wildman–Crippen MR) is 106 cm³/mol. The highest BCUT2D eigenvalue weighted by Gasteiger charge is 2.11. The van der Waals surface area contributed by atoms with E-state index in [1.54, 1.807) is 6.20 Å². The predicted octanol–water partition coefficient (Wildman–Crippen LogP) is 4.81. The van der Waals surface area contributed by atoms with Gasteiger partial charge in [0.15, 0.2) is 0 Å². The number of carbonyl (C=O) groups excluding carboxylic acids is 1. The molecule has 2 heterocycles. The van der Waals surface area contributed by atoms with Gasteiger partial charge in [-0.15, -0.1) is 0 Å². The number of nitrogens with zero attached hydrogens (tertiary/aromatic N) is 3. The first-order valence-electron chi connectivity index (χ1n) is 8.30. The van der Waals surface area contributed by atoms with Gasteiger partial charge >= 0.3 is 0 Å². The molecule has 4 rings (SSSR count). The van der Waals surface area contributed by atoms with Crippen molar-refractivity contribution in [1.82, 2.24) is 15.0 Å². The van der Waals surface area contributed by atoms with Gasteiger partial charge in [-0.1, -0.05) is 29.8 Å². The number of aromatic nitrogens is 3. The molecule has 1 amide bonds. The van der Waals surface area contributed by atoms with Crippen molar-refractivity contribution in [1.29, 1.82) is 0 Å². The largest absolute Gasteiger partial charge is 0.322 e. The third-order valence-corrected chi connectivity index (χ3v) is 4.23. The molecule has 0 saturated heterocycles. The molecule has 6 nitrogen and oxygen atoms in total. The van der Waals surface area contributed by atoms with Crippen molar-refractivity contribution in [3.8, 4) is 0 Å². The van der Waals surface area contributed by atoms with E-state index >= 15 is 0 Å². The minimum absolute atomic E-state index is 0.0775. The summed E-state index contributed by atoms with van der Waals surface area (Å²) in [6.07, 6.45) is 3.17. The first-order valence-corrected chi connectivity index (χ1v) is 8.68. The highest BCUT2D eigenvalue weighted by molar-refractivity contribution is 6.31. The van der Waals surface area contributed by atoms with Crippen LogP contribution in [0.2, 0.25) is 5.02 Å². The molecule has 0 bridgehead atoms. The number of para-hydroxylation sites is 1. The normalized spacial score (nSPS) is 10.6. The second-order valence-electron chi connectivity index (χ2n) is 5.85. The number of anilines is 3. The minimum Gasteiger partial charge on any atom is -0.322 e. The molecule has 8 heteroatoms. The quantitative estimate of drug-likeness (QED) is 0.520. The van der Waals surface area contributed by atoms with Crippen LogP contribution in [0.25, 0.3) is 10.9 Å². The number of pyridine rings is 1. The number of hydrogen-bond acceptors (Lipinski definition) is 5. The third kappa shape index (κ3) is 3.74. The topological polar surface area (TPSA) is 79.8 Å². The zero-order valence-corrected chi connectivity index (χ0v) is 15.1. The van der Waals surface area contributed by atoms with E-state index in [4.69, 9.17) is 11.6 Å². The van der Waals surface area contributed by atoms with E-state index < -0.39 is 11.7 Å². The number of rotatable bonds is 4. The van der Waals surface area contributed by atoms with Crippen molar-refractivity contribution >= 4 is 45.7 Å². The van der Waals surface area contributed by atoms with Gasteiger partial charge in [-0.05, 0) is 36.4 Å². The molecule has 0 unspecified atom stereocenters. The van der Waals surface area contributed by atoms with E-state index in [2.05, 4.69) is 25.6 Å². The second kappa shape index (κ2) is 7.58. The molecule has 2 aromatic carbocycles. The van der Waals surface area contributed by atoms with Crippen LogP contribution in [-0.2, 0) is 0 Å². The maximum Gasteiger partial charge on any atom is 0.274 e. The number of amides is 1. The lowest BCUT2D eigenvalue weighted by atomic mass is 10.2. The van der Waals surface area contributed by atoms with E-state index in [0.29, 0.717) is 5.69 Å². The first kappa shape index (κ1) is 17.8. The average Bonchev–Trinajstić information content (AvgIpc) is 2.71. The number of hydrogen-bond donors (Lipinski definition) is 2. The van der Waals surface area contributed by atoms with E-state index in [9.17, 15) is 9.18 Å². The second-order valence-corrected chi connectivity index (χ2v) is 6.26. The number of fused-ring (bicyclic) bond motifs is 1. The molecule has 2 N–H and O–H groups in total. The van der Waals surface area contributed by atoms with Gasteiger partial charge in [0.25, 0.3) is 5.91 Å². The lowest BCUT2D eigenvalue weighted by Crippen LogP contribution is -2.14. The standard InChI is InChI=1S/C20H13ClFN5O/c21-14-11-13(6-7-15(14)22)25-19(28)17-8-10-24-20(27-17)26-16-5-1-3-12-4-2-9-23-18(12)16/h1-11H,(H,25,28)(H,24,26,27). The Morgan fingerprint density at radius 1 is 1.00 bits per heavy atom. The Hall–Kier alpha value is -3.58. The van der Waals surface area contributed by atoms with Crippen LogP contribution in [0.15, 0.2) is 67.0 Å². The molecule has 2 aromatic heterocycles. The fourth-order valence-electron chi connectivity index (χ4n) is 2.64. The van der Waals surface area contributed by atoms with Crippen LogP contribution < -0.4 is 10.6 Å². The Labute approximate surface area is 164 Å². The van der Waals surface area contributed by atoms with Crippen molar-refractivity contribution in [2.45, 2.75) is 0 Å². The Balaban J connectivity index is 1.57. The molecule has 0 atom stereocenters. The van der Waals surface area contributed by atoms with Crippen molar-refractivity contribution in [3.05, 3.63) is 83.5 Å². The van der Waals surface area contributed by atoms with Gasteiger partial charge in [0.1, 0.15) is 11.5 Å². The summed E-state index contributed by atoms with van der Waals surface area (Å²) in [7, 11) is 0. The maximum atomic E-state index is 13.3. The fourth-order valence-corrected chi connectivity index (χ4v) is 2.82. The number of halogens is 2. The molecule has 0 saturated carbocycles. The van der Waals surface area contributed by atoms with Crippen LogP contribution in [0, 0.1) is 5.82 Å². The van der Waals surface area contributed by atoms with Crippen molar-refractivity contribution in [2.75, 3.05) is 10.6 Å². The minimum atomic E-state index is -0.558. The van der Waals surface area contributed by atoms with E-state index in [0.717, 1.165) is 16.6 Å². The summed E-state index contributed by atoms with van der Waals surface area (Å²) in [5, 5.41) is 6.60. The number of carbonyl (C=O) groups is 1. The van der Waals surface area contributed by atoms with Crippen LogP contribution >= 0.6 is 11.6 Å². The number of nitrogens with one attached hydrogen (secondary N) is 2. The third-order valence-electron chi connectivity index (χ3n) is 3.94. The summed E-state index contributed by atoms with van der Waals surface area (Å²) >= 11 is 5.74. The van der Waals surface area contributed by atoms with Gasteiger partial charge in [0.05, 0.1) is 16.2 Å². The molecule has 28 heavy (non-hydrogen) atoms. The summed E-state index contributed by atoms with van der Waals surface area (Å²) in [4.78, 5) is 25.2. The monoisotopic (exact) mass is 393 g/mol. The molecule has 0 aliphatic carbocycles. The Morgan fingerprint density at radius 3 is 2.71 bits per heavy atom. The Bertz CT molecular complexity index is 1180. The lowest BCUT2D eigenvalue weighted by Gasteiger charge is -2.09. The van der Waals surface area contributed by atoms with Crippen molar-refractivity contribution < 1.29 is 9.18 Å². The smallest absolute Gasteiger partial charge is 0.274 e. The summed E-state index contributed by atoms with van der Waals surface area (Å²) in [6, 6.07) is 14.9. The van der Waals surface area contributed by atoms with Crippen molar-refractivity contribution in [2.24, 2.45) is 0 Å². The highest BCUT2D eigenvalue weighted by Crippen LogP contribution is 2.23. The molecule has 0 aliphatic heterocycles. The summed E-state index contributed by atoms with van der Waals surface area (Å²) < 4.78 is 13.3.